The molecule has 1 saturated heterocycles. The number of alkyl halides is 3. The number of urea groups is 1. The number of carbonyl (C=O) groups excluding carboxylic acids is 2. The number of hydrogen-bond acceptors (Lipinski definition) is 3. The molecule has 0 saturated carbocycles. The van der Waals surface area contributed by atoms with Crippen molar-refractivity contribution < 1.29 is 27.5 Å². The quantitative estimate of drug-likeness (QED) is 0.867. The Bertz CT molecular complexity index is 560. The van der Waals surface area contributed by atoms with E-state index in [0.717, 1.165) is 12.1 Å². The van der Waals surface area contributed by atoms with Crippen molar-refractivity contribution in [2.24, 2.45) is 0 Å². The van der Waals surface area contributed by atoms with Gasteiger partial charge in [0.2, 0.25) is 0 Å². The van der Waals surface area contributed by atoms with Gasteiger partial charge in [0.1, 0.15) is 6.04 Å². The van der Waals surface area contributed by atoms with Crippen LogP contribution in [0, 0.1) is 0 Å². The van der Waals surface area contributed by atoms with Gasteiger partial charge in [0.25, 0.3) is 5.91 Å². The highest BCUT2D eigenvalue weighted by Crippen LogP contribution is 2.37. The zero-order valence-corrected chi connectivity index (χ0v) is 11.1. The Morgan fingerprint density at radius 1 is 1.29 bits per heavy atom. The van der Waals surface area contributed by atoms with Crippen molar-refractivity contribution in [2.75, 3.05) is 18.6 Å². The van der Waals surface area contributed by atoms with Crippen molar-refractivity contribution in [3.8, 4) is 0 Å². The molecule has 1 aromatic rings. The summed E-state index contributed by atoms with van der Waals surface area (Å²) in [5, 5.41) is 2.36. The van der Waals surface area contributed by atoms with E-state index in [1.54, 1.807) is 0 Å². The molecule has 1 atom stereocenters. The molecule has 5 nitrogen and oxygen atoms in total. The SMILES string of the molecule is COCCC1NC(=O)N(c2ccccc2C(F)(F)F)C1=O. The van der Waals surface area contributed by atoms with Gasteiger partial charge in [-0.25, -0.2) is 9.69 Å². The van der Waals surface area contributed by atoms with Crippen LogP contribution in [0.25, 0.3) is 0 Å². The van der Waals surface area contributed by atoms with Gasteiger partial charge in [-0.05, 0) is 12.1 Å². The van der Waals surface area contributed by atoms with Gasteiger partial charge in [-0.1, -0.05) is 12.1 Å². The third-order valence-corrected chi connectivity index (χ3v) is 3.08. The van der Waals surface area contributed by atoms with Gasteiger partial charge in [-0.15, -0.1) is 0 Å². The largest absolute Gasteiger partial charge is 0.418 e. The lowest BCUT2D eigenvalue weighted by Crippen LogP contribution is -2.33. The molecule has 0 aromatic heterocycles. The van der Waals surface area contributed by atoms with Crippen LogP contribution >= 0.6 is 0 Å². The van der Waals surface area contributed by atoms with E-state index in [9.17, 15) is 22.8 Å². The molecule has 3 amide bonds. The standard InChI is InChI=1S/C13H13F3N2O3/c1-21-7-6-9-11(19)18(12(20)17-9)10-5-3-2-4-8(10)13(14,15)16/h2-5,9H,6-7H2,1H3,(H,17,20). The van der Waals surface area contributed by atoms with E-state index < -0.39 is 35.4 Å². The van der Waals surface area contributed by atoms with E-state index >= 15 is 0 Å². The van der Waals surface area contributed by atoms with Crippen molar-refractivity contribution in [2.45, 2.75) is 18.6 Å². The maximum absolute atomic E-state index is 13.0. The highest BCUT2D eigenvalue weighted by atomic mass is 19.4. The first-order valence-electron chi connectivity index (χ1n) is 6.16. The highest BCUT2D eigenvalue weighted by molar-refractivity contribution is 6.21. The second kappa shape index (κ2) is 5.72. The molecule has 1 aliphatic heterocycles. The number of amides is 3. The average molecular weight is 302 g/mol. The second-order valence-electron chi connectivity index (χ2n) is 4.47. The van der Waals surface area contributed by atoms with Gasteiger partial charge in [0.05, 0.1) is 11.3 Å². The van der Waals surface area contributed by atoms with Crippen LogP contribution in [0.5, 0.6) is 0 Å². The Labute approximate surface area is 118 Å². The third-order valence-electron chi connectivity index (χ3n) is 3.08. The second-order valence-corrected chi connectivity index (χ2v) is 4.47. The molecule has 1 N–H and O–H groups in total. The fraction of sp³-hybridized carbons (Fsp3) is 0.385. The molecule has 2 rings (SSSR count). The van der Waals surface area contributed by atoms with Crippen molar-refractivity contribution in [3.63, 3.8) is 0 Å². The fourth-order valence-corrected chi connectivity index (χ4v) is 2.10. The molecule has 21 heavy (non-hydrogen) atoms. The van der Waals surface area contributed by atoms with Crippen molar-refractivity contribution >= 4 is 17.6 Å². The first-order chi connectivity index (χ1) is 9.86. The number of ether oxygens (including phenoxy) is 1. The lowest BCUT2D eigenvalue weighted by atomic mass is 10.1. The summed E-state index contributed by atoms with van der Waals surface area (Å²) in [5.41, 5.74) is -1.49. The molecule has 114 valence electrons. The van der Waals surface area contributed by atoms with Crippen LogP contribution in [0.15, 0.2) is 24.3 Å². The first kappa shape index (κ1) is 15.3. The van der Waals surface area contributed by atoms with Crippen LogP contribution in [-0.4, -0.2) is 31.7 Å². The molecule has 0 aliphatic carbocycles. The van der Waals surface area contributed by atoms with E-state index in [4.69, 9.17) is 4.74 Å². The fourth-order valence-electron chi connectivity index (χ4n) is 2.10. The highest BCUT2D eigenvalue weighted by Gasteiger charge is 2.43. The minimum Gasteiger partial charge on any atom is -0.385 e. The smallest absolute Gasteiger partial charge is 0.385 e. The van der Waals surface area contributed by atoms with Gasteiger partial charge in [-0.2, -0.15) is 13.2 Å². The van der Waals surface area contributed by atoms with Gasteiger partial charge in [0, 0.05) is 20.1 Å². The Balaban J connectivity index is 2.35. The molecule has 8 heteroatoms. The topological polar surface area (TPSA) is 58.6 Å². The molecule has 1 aliphatic rings. The van der Waals surface area contributed by atoms with E-state index in [-0.39, 0.29) is 13.0 Å². The van der Waals surface area contributed by atoms with Crippen LogP contribution in [0.3, 0.4) is 0 Å². The molecule has 0 radical (unpaired) electrons. The average Bonchev–Trinajstić information content (AvgIpc) is 2.70. The normalized spacial score (nSPS) is 19.0. The van der Waals surface area contributed by atoms with Crippen LogP contribution < -0.4 is 10.2 Å². The van der Waals surface area contributed by atoms with Crippen LogP contribution in [0.1, 0.15) is 12.0 Å². The summed E-state index contributed by atoms with van der Waals surface area (Å²) in [7, 11) is 1.43. The number of para-hydroxylation sites is 1. The summed E-state index contributed by atoms with van der Waals surface area (Å²) < 4.78 is 43.7. The monoisotopic (exact) mass is 302 g/mol. The first-order valence-corrected chi connectivity index (χ1v) is 6.16. The third kappa shape index (κ3) is 2.99. The van der Waals surface area contributed by atoms with Crippen molar-refractivity contribution in [1.29, 1.82) is 0 Å². The molecule has 1 aromatic carbocycles. The lowest BCUT2D eigenvalue weighted by molar-refractivity contribution is -0.137. The maximum Gasteiger partial charge on any atom is 0.418 e. The maximum atomic E-state index is 13.0. The Hall–Kier alpha value is -2.09. The summed E-state index contributed by atoms with van der Waals surface area (Å²) in [5.74, 6) is -0.714. The number of anilines is 1. The van der Waals surface area contributed by atoms with E-state index in [1.165, 1.54) is 19.2 Å². The summed E-state index contributed by atoms with van der Waals surface area (Å²) in [6.45, 7) is 0.214. The predicted octanol–water partition coefficient (Wildman–Crippen LogP) is 2.17. The van der Waals surface area contributed by atoms with Crippen molar-refractivity contribution in [3.05, 3.63) is 29.8 Å². The number of halogens is 3. The molecule has 1 unspecified atom stereocenters. The predicted molar refractivity (Wildman–Crippen MR) is 67.7 cm³/mol. The van der Waals surface area contributed by atoms with Gasteiger partial charge >= 0.3 is 12.2 Å². The number of nitrogens with zero attached hydrogens (tertiary/aromatic N) is 1. The molecule has 1 fully saturated rings. The minimum atomic E-state index is -4.65. The van der Waals surface area contributed by atoms with E-state index in [0.29, 0.717) is 4.90 Å². The van der Waals surface area contributed by atoms with Crippen molar-refractivity contribution in [1.82, 2.24) is 5.32 Å². The number of rotatable bonds is 4. The van der Waals surface area contributed by atoms with Gasteiger partial charge < -0.3 is 10.1 Å². The van der Waals surface area contributed by atoms with Crippen LogP contribution in [-0.2, 0) is 15.7 Å². The summed E-state index contributed by atoms with van der Waals surface area (Å²) in [4.78, 5) is 24.5. The number of nitrogens with one attached hydrogen (secondary N) is 1. The number of methoxy groups -OCH3 is 1. The number of imide groups is 1. The molecular weight excluding hydrogens is 289 g/mol. The van der Waals surface area contributed by atoms with Crippen LogP contribution in [0.4, 0.5) is 23.7 Å². The molecular formula is C13H13F3N2O3. The Morgan fingerprint density at radius 2 is 1.95 bits per heavy atom. The van der Waals surface area contributed by atoms with Gasteiger partial charge in [-0.3, -0.25) is 4.79 Å². The summed E-state index contributed by atoms with van der Waals surface area (Å²) >= 11 is 0. The number of benzene rings is 1. The zero-order valence-electron chi connectivity index (χ0n) is 11.1. The summed E-state index contributed by atoms with van der Waals surface area (Å²) in [6, 6.07) is 2.73. The van der Waals surface area contributed by atoms with E-state index in [1.807, 2.05) is 0 Å². The number of carbonyl (C=O) groups is 2. The van der Waals surface area contributed by atoms with Crippen LogP contribution in [0.2, 0.25) is 0 Å². The number of hydrogen-bond donors (Lipinski definition) is 1. The Kier molecular flexibility index (Phi) is 4.17. The van der Waals surface area contributed by atoms with Gasteiger partial charge in [0.15, 0.2) is 0 Å². The Morgan fingerprint density at radius 3 is 2.57 bits per heavy atom. The lowest BCUT2D eigenvalue weighted by Gasteiger charge is -2.18. The molecule has 0 spiro atoms. The zero-order chi connectivity index (χ0) is 15.6. The van der Waals surface area contributed by atoms with E-state index in [2.05, 4.69) is 5.32 Å². The summed E-state index contributed by atoms with van der Waals surface area (Å²) in [6.07, 6.45) is -4.45. The molecule has 1 heterocycles. The minimum absolute atomic E-state index is 0.200. The molecule has 0 bridgehead atoms.